The number of rotatable bonds is 3. The van der Waals surface area contributed by atoms with Gasteiger partial charge in [0.25, 0.3) is 0 Å². The van der Waals surface area contributed by atoms with E-state index in [1.54, 1.807) is 7.11 Å². The fourth-order valence-electron chi connectivity index (χ4n) is 3.35. The molecule has 0 bridgehead atoms. The summed E-state index contributed by atoms with van der Waals surface area (Å²) in [7, 11) is 1.70. The topological polar surface area (TPSA) is 22.4 Å². The molecule has 0 aliphatic heterocycles. The third kappa shape index (κ3) is 2.35. The maximum absolute atomic E-state index is 5.95. The van der Waals surface area contributed by atoms with Crippen LogP contribution in [0.2, 0.25) is 0 Å². The highest BCUT2D eigenvalue weighted by molar-refractivity contribution is 5.98. The third-order valence-corrected chi connectivity index (χ3v) is 4.63. The number of fused-ring (bicyclic) bond motifs is 2. The monoisotopic (exact) mass is 316 g/mol. The minimum absolute atomic E-state index is 0.885. The molecule has 24 heavy (non-hydrogen) atoms. The molecule has 0 fully saturated rings. The van der Waals surface area contributed by atoms with E-state index in [4.69, 9.17) is 9.15 Å². The molecule has 0 amide bonds. The van der Waals surface area contributed by atoms with Crippen molar-refractivity contribution in [1.82, 2.24) is 0 Å². The maximum Gasteiger partial charge on any atom is 0.138 e. The summed E-state index contributed by atoms with van der Waals surface area (Å²) < 4.78 is 11.3. The van der Waals surface area contributed by atoms with Gasteiger partial charge in [-0.3, -0.25) is 0 Å². The molecule has 3 aromatic carbocycles. The van der Waals surface area contributed by atoms with E-state index in [0.717, 1.165) is 23.5 Å². The summed E-state index contributed by atoms with van der Waals surface area (Å²) in [6, 6.07) is 19.3. The zero-order chi connectivity index (χ0) is 16.7. The van der Waals surface area contributed by atoms with E-state index in [0.29, 0.717) is 0 Å². The average molecular weight is 316 g/mol. The van der Waals surface area contributed by atoms with Gasteiger partial charge in [0, 0.05) is 5.39 Å². The van der Waals surface area contributed by atoms with E-state index in [1.807, 2.05) is 13.0 Å². The molecule has 4 aromatic rings. The maximum atomic E-state index is 5.95. The molecule has 0 aliphatic rings. The predicted molar refractivity (Wildman–Crippen MR) is 99.8 cm³/mol. The molecule has 120 valence electrons. The van der Waals surface area contributed by atoms with Crippen LogP contribution in [0.15, 0.2) is 59.0 Å². The van der Waals surface area contributed by atoms with Crippen molar-refractivity contribution < 1.29 is 9.15 Å². The zero-order valence-corrected chi connectivity index (χ0v) is 14.2. The number of methoxy groups -OCH3 is 1. The van der Waals surface area contributed by atoms with Crippen molar-refractivity contribution in [2.24, 2.45) is 0 Å². The summed E-state index contributed by atoms with van der Waals surface area (Å²) in [6.07, 6.45) is 0.973. The number of hydrogen-bond donors (Lipinski definition) is 0. The summed E-state index contributed by atoms with van der Waals surface area (Å²) in [6.45, 7) is 4.17. The second-order valence-electron chi connectivity index (χ2n) is 6.15. The molecule has 0 spiro atoms. The van der Waals surface area contributed by atoms with Gasteiger partial charge in [-0.25, -0.2) is 0 Å². The standard InChI is InChI=1S/C22H20O2/c1-4-15-8-10-20(21-11-14(2)24-22(15)21)18-6-5-17-13-19(23-3)9-7-16(17)12-18/h5-13H,4H2,1-3H3. The quantitative estimate of drug-likeness (QED) is 0.453. The molecular weight excluding hydrogens is 296 g/mol. The van der Waals surface area contributed by atoms with E-state index in [-0.39, 0.29) is 0 Å². The first-order chi connectivity index (χ1) is 11.7. The van der Waals surface area contributed by atoms with Gasteiger partial charge in [-0.05, 0) is 65.1 Å². The zero-order valence-electron chi connectivity index (χ0n) is 14.2. The van der Waals surface area contributed by atoms with Crippen LogP contribution >= 0.6 is 0 Å². The lowest BCUT2D eigenvalue weighted by Crippen LogP contribution is -1.86. The molecule has 1 heterocycles. The van der Waals surface area contributed by atoms with Gasteiger partial charge in [-0.1, -0.05) is 37.3 Å². The number of ether oxygens (including phenoxy) is 1. The van der Waals surface area contributed by atoms with Gasteiger partial charge in [-0.2, -0.15) is 0 Å². The van der Waals surface area contributed by atoms with Crippen molar-refractivity contribution in [3.8, 4) is 16.9 Å². The largest absolute Gasteiger partial charge is 0.497 e. The van der Waals surface area contributed by atoms with Gasteiger partial charge >= 0.3 is 0 Å². The van der Waals surface area contributed by atoms with Crippen LogP contribution in [0, 0.1) is 6.92 Å². The molecular formula is C22H20O2. The van der Waals surface area contributed by atoms with Gasteiger partial charge in [0.2, 0.25) is 0 Å². The summed E-state index contributed by atoms with van der Waals surface area (Å²) in [5.41, 5.74) is 4.70. The van der Waals surface area contributed by atoms with Gasteiger partial charge < -0.3 is 9.15 Å². The average Bonchev–Trinajstić information content (AvgIpc) is 3.01. The molecule has 1 aromatic heterocycles. The minimum atomic E-state index is 0.885. The van der Waals surface area contributed by atoms with Crippen LogP contribution in [0.4, 0.5) is 0 Å². The SMILES string of the molecule is CCc1ccc(-c2ccc3cc(OC)ccc3c2)c2cc(C)oc12. The second kappa shape index (κ2) is 5.72. The van der Waals surface area contributed by atoms with E-state index in [2.05, 4.69) is 55.5 Å². The fraction of sp³-hybridized carbons (Fsp3) is 0.182. The van der Waals surface area contributed by atoms with Gasteiger partial charge in [0.15, 0.2) is 0 Å². The summed E-state index contributed by atoms with van der Waals surface area (Å²) in [4.78, 5) is 0. The Kier molecular flexibility index (Phi) is 3.53. The van der Waals surface area contributed by atoms with Crippen LogP contribution in [-0.4, -0.2) is 7.11 Å². The highest BCUT2D eigenvalue weighted by Crippen LogP contribution is 2.35. The number of hydrogen-bond acceptors (Lipinski definition) is 2. The first-order valence-corrected chi connectivity index (χ1v) is 8.30. The smallest absolute Gasteiger partial charge is 0.138 e. The van der Waals surface area contributed by atoms with Crippen molar-refractivity contribution in [2.45, 2.75) is 20.3 Å². The molecule has 2 nitrogen and oxygen atoms in total. The molecule has 0 aliphatic carbocycles. The first kappa shape index (κ1) is 14.8. The highest BCUT2D eigenvalue weighted by Gasteiger charge is 2.12. The molecule has 0 unspecified atom stereocenters. The van der Waals surface area contributed by atoms with Crippen molar-refractivity contribution in [3.05, 3.63) is 65.9 Å². The molecule has 0 saturated carbocycles. The Morgan fingerprint density at radius 1 is 0.917 bits per heavy atom. The second-order valence-corrected chi connectivity index (χ2v) is 6.15. The molecule has 0 saturated heterocycles. The van der Waals surface area contributed by atoms with Crippen molar-refractivity contribution >= 4 is 21.7 Å². The lowest BCUT2D eigenvalue weighted by atomic mass is 9.96. The number of furan rings is 1. The van der Waals surface area contributed by atoms with Crippen LogP contribution in [0.25, 0.3) is 32.9 Å². The minimum Gasteiger partial charge on any atom is -0.497 e. The summed E-state index contributed by atoms with van der Waals surface area (Å²) in [5, 5.41) is 3.59. The molecule has 0 radical (unpaired) electrons. The van der Waals surface area contributed by atoms with E-state index < -0.39 is 0 Å². The fourth-order valence-corrected chi connectivity index (χ4v) is 3.35. The molecule has 4 rings (SSSR count). The third-order valence-electron chi connectivity index (χ3n) is 4.63. The van der Waals surface area contributed by atoms with Crippen LogP contribution < -0.4 is 4.74 Å². The van der Waals surface area contributed by atoms with Crippen LogP contribution in [0.5, 0.6) is 5.75 Å². The van der Waals surface area contributed by atoms with Crippen LogP contribution in [0.1, 0.15) is 18.2 Å². The Labute approximate surface area is 141 Å². The predicted octanol–water partition coefficient (Wildman–Crippen LogP) is 6.13. The Hall–Kier alpha value is -2.74. The van der Waals surface area contributed by atoms with E-state index >= 15 is 0 Å². The van der Waals surface area contributed by atoms with Crippen LogP contribution in [-0.2, 0) is 6.42 Å². The van der Waals surface area contributed by atoms with E-state index in [1.165, 1.54) is 32.8 Å². The molecule has 0 atom stereocenters. The number of aryl methyl sites for hydroxylation is 2. The number of benzene rings is 3. The lowest BCUT2D eigenvalue weighted by molar-refractivity contribution is 0.415. The Balaban J connectivity index is 1.92. The van der Waals surface area contributed by atoms with Crippen molar-refractivity contribution in [3.63, 3.8) is 0 Å². The Bertz CT molecular complexity index is 1040. The highest BCUT2D eigenvalue weighted by atomic mass is 16.5. The van der Waals surface area contributed by atoms with E-state index in [9.17, 15) is 0 Å². The van der Waals surface area contributed by atoms with Crippen molar-refractivity contribution in [1.29, 1.82) is 0 Å². The first-order valence-electron chi connectivity index (χ1n) is 8.30. The molecule has 0 N–H and O–H groups in total. The summed E-state index contributed by atoms with van der Waals surface area (Å²) in [5.74, 6) is 1.84. The van der Waals surface area contributed by atoms with Crippen molar-refractivity contribution in [2.75, 3.05) is 7.11 Å². The normalized spacial score (nSPS) is 11.3. The van der Waals surface area contributed by atoms with Gasteiger partial charge in [0.1, 0.15) is 17.1 Å². The molecule has 2 heteroatoms. The van der Waals surface area contributed by atoms with Gasteiger partial charge in [0.05, 0.1) is 7.11 Å². The van der Waals surface area contributed by atoms with Gasteiger partial charge in [-0.15, -0.1) is 0 Å². The van der Waals surface area contributed by atoms with Crippen LogP contribution in [0.3, 0.4) is 0 Å². The summed E-state index contributed by atoms with van der Waals surface area (Å²) >= 11 is 0. The Morgan fingerprint density at radius 2 is 1.71 bits per heavy atom. The lowest BCUT2D eigenvalue weighted by Gasteiger charge is -2.08. The Morgan fingerprint density at radius 3 is 2.50 bits per heavy atom.